The predicted molar refractivity (Wildman–Crippen MR) is 62.5 cm³/mol. The van der Waals surface area contributed by atoms with Gasteiger partial charge in [0.25, 0.3) is 0 Å². The molecule has 14 heavy (non-hydrogen) atoms. The molecule has 0 spiro atoms. The topological polar surface area (TPSA) is 3.24 Å². The summed E-state index contributed by atoms with van der Waals surface area (Å²) in [5, 5.41) is 0. The average Bonchev–Trinajstić information content (AvgIpc) is 2.15. The molecule has 1 atom stereocenters. The first-order valence-corrected chi connectivity index (χ1v) is 5.38. The lowest BCUT2D eigenvalue weighted by atomic mass is 10.0. The van der Waals surface area contributed by atoms with Gasteiger partial charge in [0.1, 0.15) is 0 Å². The number of benzene rings is 1. The maximum atomic E-state index is 2.30. The quantitative estimate of drug-likeness (QED) is 0.705. The van der Waals surface area contributed by atoms with Crippen LogP contribution in [0.25, 0.3) is 0 Å². The van der Waals surface area contributed by atoms with Crippen LogP contribution < -0.4 is 0 Å². The van der Waals surface area contributed by atoms with Crippen LogP contribution in [0.4, 0.5) is 0 Å². The molecule has 0 aliphatic rings. The summed E-state index contributed by atoms with van der Waals surface area (Å²) in [7, 11) is 4.31. The summed E-state index contributed by atoms with van der Waals surface area (Å²) in [5.74, 6) is 0. The molecule has 0 aliphatic carbocycles. The number of hydrogen-bond acceptors (Lipinski definition) is 1. The van der Waals surface area contributed by atoms with Gasteiger partial charge in [-0.2, -0.15) is 0 Å². The van der Waals surface area contributed by atoms with Crippen LogP contribution in [-0.2, 0) is 0 Å². The zero-order valence-corrected chi connectivity index (χ0v) is 9.75. The highest BCUT2D eigenvalue weighted by Gasteiger charge is 2.11. The van der Waals surface area contributed by atoms with E-state index in [1.165, 1.54) is 24.0 Å². The summed E-state index contributed by atoms with van der Waals surface area (Å²) >= 11 is 0. The number of rotatable bonds is 4. The molecule has 1 rings (SSSR count). The first kappa shape index (κ1) is 11.3. The van der Waals surface area contributed by atoms with Crippen LogP contribution >= 0.6 is 0 Å². The SMILES string of the molecule is CCCC(c1ccc(C)cc1)N(C)C. The summed E-state index contributed by atoms with van der Waals surface area (Å²) in [6.07, 6.45) is 2.47. The van der Waals surface area contributed by atoms with Gasteiger partial charge in [-0.25, -0.2) is 0 Å². The lowest BCUT2D eigenvalue weighted by Gasteiger charge is -2.24. The summed E-state index contributed by atoms with van der Waals surface area (Å²) < 4.78 is 0. The highest BCUT2D eigenvalue weighted by atomic mass is 15.1. The van der Waals surface area contributed by atoms with Gasteiger partial charge in [-0.3, -0.25) is 0 Å². The van der Waals surface area contributed by atoms with E-state index in [4.69, 9.17) is 0 Å². The predicted octanol–water partition coefficient (Wildman–Crippen LogP) is 3.40. The van der Waals surface area contributed by atoms with Crippen molar-refractivity contribution in [1.29, 1.82) is 0 Å². The third-order valence-electron chi connectivity index (χ3n) is 2.65. The number of hydrogen-bond donors (Lipinski definition) is 0. The van der Waals surface area contributed by atoms with Crippen LogP contribution in [0.5, 0.6) is 0 Å². The van der Waals surface area contributed by atoms with Gasteiger partial charge in [-0.15, -0.1) is 0 Å². The largest absolute Gasteiger partial charge is 0.302 e. The molecule has 1 aromatic rings. The molecule has 0 aliphatic heterocycles. The molecular formula is C13H21N. The molecule has 1 unspecified atom stereocenters. The van der Waals surface area contributed by atoms with E-state index < -0.39 is 0 Å². The molecule has 0 saturated heterocycles. The van der Waals surface area contributed by atoms with E-state index in [9.17, 15) is 0 Å². The molecule has 0 amide bonds. The molecule has 0 bridgehead atoms. The Morgan fingerprint density at radius 2 is 1.71 bits per heavy atom. The second kappa shape index (κ2) is 5.16. The summed E-state index contributed by atoms with van der Waals surface area (Å²) in [6, 6.07) is 9.45. The van der Waals surface area contributed by atoms with Crippen molar-refractivity contribution in [3.63, 3.8) is 0 Å². The smallest absolute Gasteiger partial charge is 0.0341 e. The van der Waals surface area contributed by atoms with E-state index in [2.05, 4.69) is 57.1 Å². The van der Waals surface area contributed by atoms with Gasteiger partial charge in [0.05, 0.1) is 0 Å². The van der Waals surface area contributed by atoms with E-state index in [0.717, 1.165) is 0 Å². The van der Waals surface area contributed by atoms with E-state index >= 15 is 0 Å². The zero-order valence-electron chi connectivity index (χ0n) is 9.75. The minimum absolute atomic E-state index is 0.570. The van der Waals surface area contributed by atoms with Crippen molar-refractivity contribution in [2.24, 2.45) is 0 Å². The van der Waals surface area contributed by atoms with Crippen LogP contribution in [0.3, 0.4) is 0 Å². The Labute approximate surface area is 87.7 Å². The Morgan fingerprint density at radius 1 is 1.14 bits per heavy atom. The lowest BCUT2D eigenvalue weighted by molar-refractivity contribution is 0.282. The second-order valence-corrected chi connectivity index (χ2v) is 4.18. The van der Waals surface area contributed by atoms with Crippen molar-refractivity contribution in [2.45, 2.75) is 32.7 Å². The van der Waals surface area contributed by atoms with Crippen LogP contribution in [0.2, 0.25) is 0 Å². The fourth-order valence-electron chi connectivity index (χ4n) is 1.79. The fourth-order valence-corrected chi connectivity index (χ4v) is 1.79. The summed E-state index contributed by atoms with van der Waals surface area (Å²) in [4.78, 5) is 2.30. The third kappa shape index (κ3) is 2.85. The second-order valence-electron chi connectivity index (χ2n) is 4.18. The Kier molecular flexibility index (Phi) is 4.15. The van der Waals surface area contributed by atoms with Crippen LogP contribution in [0.15, 0.2) is 24.3 Å². The fraction of sp³-hybridized carbons (Fsp3) is 0.538. The number of nitrogens with zero attached hydrogens (tertiary/aromatic N) is 1. The Morgan fingerprint density at radius 3 is 2.14 bits per heavy atom. The maximum absolute atomic E-state index is 2.30. The molecular weight excluding hydrogens is 170 g/mol. The molecule has 0 heterocycles. The van der Waals surface area contributed by atoms with Gasteiger partial charge in [-0.1, -0.05) is 43.2 Å². The van der Waals surface area contributed by atoms with Crippen molar-refractivity contribution in [3.05, 3.63) is 35.4 Å². The standard InChI is InChI=1S/C13H21N/c1-5-6-13(14(3)4)12-9-7-11(2)8-10-12/h7-10,13H,5-6H2,1-4H3. The minimum Gasteiger partial charge on any atom is -0.302 e. The molecule has 1 nitrogen and oxygen atoms in total. The van der Waals surface area contributed by atoms with Crippen molar-refractivity contribution in [2.75, 3.05) is 14.1 Å². The molecule has 0 radical (unpaired) electrons. The maximum Gasteiger partial charge on any atom is 0.0341 e. The van der Waals surface area contributed by atoms with Crippen LogP contribution in [0.1, 0.15) is 36.9 Å². The van der Waals surface area contributed by atoms with E-state index in [-0.39, 0.29) is 0 Å². The lowest BCUT2D eigenvalue weighted by Crippen LogP contribution is -2.19. The molecule has 0 fully saturated rings. The van der Waals surface area contributed by atoms with Gasteiger partial charge in [0.15, 0.2) is 0 Å². The summed E-state index contributed by atoms with van der Waals surface area (Å²) in [5.41, 5.74) is 2.77. The van der Waals surface area contributed by atoms with Crippen molar-refractivity contribution >= 4 is 0 Å². The highest BCUT2D eigenvalue weighted by Crippen LogP contribution is 2.23. The van der Waals surface area contributed by atoms with Gasteiger partial charge >= 0.3 is 0 Å². The first-order valence-electron chi connectivity index (χ1n) is 5.38. The molecule has 0 aromatic heterocycles. The Bertz CT molecular complexity index is 261. The van der Waals surface area contributed by atoms with Crippen molar-refractivity contribution in [3.8, 4) is 0 Å². The van der Waals surface area contributed by atoms with Gasteiger partial charge < -0.3 is 4.90 Å². The highest BCUT2D eigenvalue weighted by molar-refractivity contribution is 5.24. The molecule has 0 saturated carbocycles. The minimum atomic E-state index is 0.570. The van der Waals surface area contributed by atoms with E-state index in [1.54, 1.807) is 0 Å². The van der Waals surface area contributed by atoms with Crippen molar-refractivity contribution < 1.29 is 0 Å². The Balaban J connectivity index is 2.82. The third-order valence-corrected chi connectivity index (χ3v) is 2.65. The zero-order chi connectivity index (χ0) is 10.6. The van der Waals surface area contributed by atoms with Gasteiger partial charge in [0.2, 0.25) is 0 Å². The van der Waals surface area contributed by atoms with Gasteiger partial charge in [0, 0.05) is 6.04 Å². The monoisotopic (exact) mass is 191 g/mol. The average molecular weight is 191 g/mol. The first-order chi connectivity index (χ1) is 6.65. The molecule has 0 N–H and O–H groups in total. The van der Waals surface area contributed by atoms with Crippen LogP contribution in [0, 0.1) is 6.92 Å². The number of aryl methyl sites for hydroxylation is 1. The Hall–Kier alpha value is -0.820. The summed E-state index contributed by atoms with van der Waals surface area (Å²) in [6.45, 7) is 4.37. The van der Waals surface area contributed by atoms with Crippen LogP contribution in [-0.4, -0.2) is 19.0 Å². The molecule has 1 aromatic carbocycles. The molecule has 1 heteroatoms. The van der Waals surface area contributed by atoms with Crippen molar-refractivity contribution in [1.82, 2.24) is 4.90 Å². The normalized spacial score (nSPS) is 13.2. The van der Waals surface area contributed by atoms with E-state index in [1.807, 2.05) is 0 Å². The molecule has 78 valence electrons. The van der Waals surface area contributed by atoms with Gasteiger partial charge in [-0.05, 0) is 33.0 Å². The van der Waals surface area contributed by atoms with E-state index in [0.29, 0.717) is 6.04 Å².